The average Bonchev–Trinajstić information content (AvgIpc) is 2.51. The number of carbonyl (C=O) groups excluding carboxylic acids is 1. The number of aromatic nitrogens is 2. The first kappa shape index (κ1) is 17.1. The van der Waals surface area contributed by atoms with Crippen molar-refractivity contribution < 1.29 is 9.18 Å². The van der Waals surface area contributed by atoms with Crippen LogP contribution in [0.15, 0.2) is 24.3 Å². The Morgan fingerprint density at radius 1 is 1.30 bits per heavy atom. The SMILES string of the molecule is CCCCNc1cc(C(=O)Nc2ccc(F)c(Cl)c2)nc(C)n1. The fourth-order valence-corrected chi connectivity index (χ4v) is 2.12. The van der Waals surface area contributed by atoms with Crippen molar-refractivity contribution in [2.45, 2.75) is 26.7 Å². The Hall–Kier alpha value is -2.21. The van der Waals surface area contributed by atoms with Crippen LogP contribution in [0, 0.1) is 12.7 Å². The smallest absolute Gasteiger partial charge is 0.274 e. The van der Waals surface area contributed by atoms with Crippen LogP contribution < -0.4 is 10.6 Å². The fraction of sp³-hybridized carbons (Fsp3) is 0.312. The molecule has 1 heterocycles. The summed E-state index contributed by atoms with van der Waals surface area (Å²) < 4.78 is 13.1. The highest BCUT2D eigenvalue weighted by molar-refractivity contribution is 6.31. The summed E-state index contributed by atoms with van der Waals surface area (Å²) in [5.41, 5.74) is 0.634. The normalized spacial score (nSPS) is 10.4. The lowest BCUT2D eigenvalue weighted by atomic mass is 10.3. The van der Waals surface area contributed by atoms with Crippen LogP contribution in [0.2, 0.25) is 5.02 Å². The van der Waals surface area contributed by atoms with Gasteiger partial charge in [0, 0.05) is 18.3 Å². The number of unbranched alkanes of at least 4 members (excludes halogenated alkanes) is 1. The summed E-state index contributed by atoms with van der Waals surface area (Å²) in [5, 5.41) is 5.75. The molecule has 5 nitrogen and oxygen atoms in total. The summed E-state index contributed by atoms with van der Waals surface area (Å²) in [6.07, 6.45) is 2.08. The van der Waals surface area contributed by atoms with Crippen molar-refractivity contribution in [3.63, 3.8) is 0 Å². The van der Waals surface area contributed by atoms with Crippen LogP contribution in [0.1, 0.15) is 36.1 Å². The molecular weight excluding hydrogens is 319 g/mol. The Morgan fingerprint density at radius 2 is 2.09 bits per heavy atom. The molecule has 0 bridgehead atoms. The van der Waals surface area contributed by atoms with E-state index in [0.717, 1.165) is 19.4 Å². The number of amides is 1. The Labute approximate surface area is 139 Å². The van der Waals surface area contributed by atoms with Crippen molar-refractivity contribution in [3.05, 3.63) is 46.6 Å². The lowest BCUT2D eigenvalue weighted by Crippen LogP contribution is -2.16. The van der Waals surface area contributed by atoms with Crippen LogP contribution in [0.4, 0.5) is 15.9 Å². The molecule has 0 aliphatic carbocycles. The quantitative estimate of drug-likeness (QED) is 0.781. The minimum atomic E-state index is -0.537. The summed E-state index contributed by atoms with van der Waals surface area (Å²) >= 11 is 5.70. The molecule has 2 rings (SSSR count). The molecule has 23 heavy (non-hydrogen) atoms. The van der Waals surface area contributed by atoms with Crippen LogP contribution >= 0.6 is 11.6 Å². The molecule has 2 aromatic rings. The fourth-order valence-electron chi connectivity index (χ4n) is 1.94. The Kier molecular flexibility index (Phi) is 5.87. The molecule has 0 unspecified atom stereocenters. The van der Waals surface area contributed by atoms with E-state index in [1.807, 2.05) is 0 Å². The van der Waals surface area contributed by atoms with Crippen LogP contribution in [-0.2, 0) is 0 Å². The van der Waals surface area contributed by atoms with Crippen molar-refractivity contribution in [2.75, 3.05) is 17.2 Å². The number of hydrogen-bond donors (Lipinski definition) is 2. The van der Waals surface area contributed by atoms with Gasteiger partial charge >= 0.3 is 0 Å². The number of halogens is 2. The molecule has 1 amide bonds. The first-order valence-electron chi connectivity index (χ1n) is 7.35. The van der Waals surface area contributed by atoms with E-state index in [1.165, 1.54) is 18.2 Å². The highest BCUT2D eigenvalue weighted by atomic mass is 35.5. The molecule has 7 heteroatoms. The second-order valence-electron chi connectivity index (χ2n) is 5.05. The van der Waals surface area contributed by atoms with Gasteiger partial charge < -0.3 is 10.6 Å². The monoisotopic (exact) mass is 336 g/mol. The van der Waals surface area contributed by atoms with E-state index in [2.05, 4.69) is 27.5 Å². The molecule has 0 aliphatic heterocycles. The molecule has 0 saturated carbocycles. The van der Waals surface area contributed by atoms with Gasteiger partial charge in [0.2, 0.25) is 0 Å². The van der Waals surface area contributed by atoms with E-state index in [4.69, 9.17) is 11.6 Å². The number of hydrogen-bond acceptors (Lipinski definition) is 4. The highest BCUT2D eigenvalue weighted by Gasteiger charge is 2.12. The topological polar surface area (TPSA) is 66.9 Å². The number of nitrogens with zero attached hydrogens (tertiary/aromatic N) is 2. The van der Waals surface area contributed by atoms with Crippen molar-refractivity contribution in [3.8, 4) is 0 Å². The number of aryl methyl sites for hydroxylation is 1. The van der Waals surface area contributed by atoms with Gasteiger partial charge in [-0.25, -0.2) is 14.4 Å². The van der Waals surface area contributed by atoms with Gasteiger partial charge in [-0.05, 0) is 31.5 Å². The number of carbonyl (C=O) groups is 1. The summed E-state index contributed by atoms with van der Waals surface area (Å²) in [6.45, 7) is 4.59. The Balaban J connectivity index is 2.13. The first-order valence-corrected chi connectivity index (χ1v) is 7.73. The number of nitrogens with one attached hydrogen (secondary N) is 2. The average molecular weight is 337 g/mol. The molecular formula is C16H18ClFN4O. The van der Waals surface area contributed by atoms with Gasteiger partial charge in [0.1, 0.15) is 23.2 Å². The zero-order chi connectivity index (χ0) is 16.8. The van der Waals surface area contributed by atoms with Gasteiger partial charge in [0.25, 0.3) is 5.91 Å². The van der Waals surface area contributed by atoms with Gasteiger partial charge in [-0.2, -0.15) is 0 Å². The zero-order valence-corrected chi connectivity index (χ0v) is 13.7. The molecule has 1 aromatic carbocycles. The minimum Gasteiger partial charge on any atom is -0.370 e. The summed E-state index contributed by atoms with van der Waals surface area (Å²) in [5.74, 6) is 0.156. The van der Waals surface area contributed by atoms with Gasteiger partial charge in [-0.3, -0.25) is 4.79 Å². The molecule has 1 aromatic heterocycles. The second-order valence-corrected chi connectivity index (χ2v) is 5.46. The molecule has 0 saturated heterocycles. The van der Waals surface area contributed by atoms with E-state index in [9.17, 15) is 9.18 Å². The predicted octanol–water partition coefficient (Wildman–Crippen LogP) is 4.04. The molecule has 0 radical (unpaired) electrons. The lowest BCUT2D eigenvalue weighted by Gasteiger charge is -2.09. The largest absolute Gasteiger partial charge is 0.370 e. The Bertz CT molecular complexity index is 708. The molecule has 0 aliphatic rings. The third kappa shape index (κ3) is 4.89. The number of rotatable bonds is 6. The molecule has 0 atom stereocenters. The van der Waals surface area contributed by atoms with Gasteiger partial charge in [-0.15, -0.1) is 0 Å². The third-order valence-electron chi connectivity index (χ3n) is 3.08. The van der Waals surface area contributed by atoms with Gasteiger partial charge in [0.05, 0.1) is 5.02 Å². The maximum Gasteiger partial charge on any atom is 0.274 e. The third-order valence-corrected chi connectivity index (χ3v) is 3.37. The van der Waals surface area contributed by atoms with E-state index in [0.29, 0.717) is 17.3 Å². The van der Waals surface area contributed by atoms with Crippen molar-refractivity contribution in [1.29, 1.82) is 0 Å². The second kappa shape index (κ2) is 7.87. The lowest BCUT2D eigenvalue weighted by molar-refractivity contribution is 0.102. The van der Waals surface area contributed by atoms with E-state index >= 15 is 0 Å². The first-order chi connectivity index (χ1) is 11.0. The van der Waals surface area contributed by atoms with Crippen LogP contribution in [0.5, 0.6) is 0 Å². The number of benzene rings is 1. The van der Waals surface area contributed by atoms with E-state index in [-0.39, 0.29) is 10.7 Å². The van der Waals surface area contributed by atoms with E-state index < -0.39 is 11.7 Å². The minimum absolute atomic E-state index is 0.0522. The van der Waals surface area contributed by atoms with Crippen molar-refractivity contribution >= 4 is 29.0 Å². The summed E-state index contributed by atoms with van der Waals surface area (Å²) in [7, 11) is 0. The van der Waals surface area contributed by atoms with E-state index in [1.54, 1.807) is 13.0 Å². The van der Waals surface area contributed by atoms with Crippen molar-refractivity contribution in [2.24, 2.45) is 0 Å². The maximum atomic E-state index is 13.1. The van der Waals surface area contributed by atoms with Crippen LogP contribution in [0.25, 0.3) is 0 Å². The summed E-state index contributed by atoms with van der Waals surface area (Å²) in [4.78, 5) is 20.7. The Morgan fingerprint density at radius 3 is 2.78 bits per heavy atom. The van der Waals surface area contributed by atoms with Gasteiger partial charge in [-0.1, -0.05) is 24.9 Å². The molecule has 2 N–H and O–H groups in total. The molecule has 122 valence electrons. The molecule has 0 spiro atoms. The standard InChI is InChI=1S/C16H18ClFN4O/c1-3-4-7-19-15-9-14(20-10(2)21-15)16(23)22-11-5-6-13(18)12(17)8-11/h5-6,8-9H,3-4,7H2,1-2H3,(H,22,23)(H,19,20,21). The zero-order valence-electron chi connectivity index (χ0n) is 13.0. The van der Waals surface area contributed by atoms with Crippen LogP contribution in [-0.4, -0.2) is 22.4 Å². The maximum absolute atomic E-state index is 13.1. The van der Waals surface area contributed by atoms with Gasteiger partial charge in [0.15, 0.2) is 0 Å². The predicted molar refractivity (Wildman–Crippen MR) is 89.5 cm³/mol. The summed E-state index contributed by atoms with van der Waals surface area (Å²) in [6, 6.07) is 5.57. The van der Waals surface area contributed by atoms with Crippen molar-refractivity contribution in [1.82, 2.24) is 9.97 Å². The molecule has 0 fully saturated rings. The highest BCUT2D eigenvalue weighted by Crippen LogP contribution is 2.20. The van der Waals surface area contributed by atoms with Crippen LogP contribution in [0.3, 0.4) is 0 Å². The number of anilines is 2.